The summed E-state index contributed by atoms with van der Waals surface area (Å²) in [7, 11) is 0. The van der Waals surface area contributed by atoms with Crippen LogP contribution in [0.1, 0.15) is 29.8 Å². The van der Waals surface area contributed by atoms with Gasteiger partial charge in [-0.2, -0.15) is 0 Å². The zero-order valence-electron chi connectivity index (χ0n) is 10.9. The lowest BCUT2D eigenvalue weighted by atomic mass is 10.1. The standard InChI is InChI=1S/C14H16N2O3S/c17-10-4-3-9(6-10)8-15-14(18)11-7-12(19-16-11)13-2-1-5-20-13/h1-2,5,7,9-10,17H,3-4,6,8H2,(H,15,18). The van der Waals surface area contributed by atoms with E-state index >= 15 is 0 Å². The van der Waals surface area contributed by atoms with Gasteiger partial charge in [0, 0.05) is 12.6 Å². The Labute approximate surface area is 120 Å². The summed E-state index contributed by atoms with van der Waals surface area (Å²) in [4.78, 5) is 12.9. The molecule has 2 aromatic heterocycles. The van der Waals surface area contributed by atoms with Gasteiger partial charge in [-0.3, -0.25) is 4.79 Å². The molecule has 0 bridgehead atoms. The zero-order chi connectivity index (χ0) is 13.9. The van der Waals surface area contributed by atoms with Gasteiger partial charge in [-0.1, -0.05) is 11.2 Å². The molecule has 2 unspecified atom stereocenters. The van der Waals surface area contributed by atoms with Crippen molar-refractivity contribution in [2.45, 2.75) is 25.4 Å². The number of aliphatic hydroxyl groups excluding tert-OH is 1. The summed E-state index contributed by atoms with van der Waals surface area (Å²) in [6, 6.07) is 5.51. The van der Waals surface area contributed by atoms with Crippen molar-refractivity contribution in [1.82, 2.24) is 10.5 Å². The number of aromatic nitrogens is 1. The summed E-state index contributed by atoms with van der Waals surface area (Å²) >= 11 is 1.54. The molecule has 0 aromatic carbocycles. The fourth-order valence-corrected chi connectivity index (χ4v) is 3.15. The van der Waals surface area contributed by atoms with Crippen LogP contribution in [0.3, 0.4) is 0 Å². The predicted octanol–water partition coefficient (Wildman–Crippen LogP) is 2.29. The van der Waals surface area contributed by atoms with Crippen LogP contribution < -0.4 is 5.32 Å². The first-order valence-electron chi connectivity index (χ1n) is 6.69. The van der Waals surface area contributed by atoms with Gasteiger partial charge in [-0.05, 0) is 36.6 Å². The predicted molar refractivity (Wildman–Crippen MR) is 75.5 cm³/mol. The highest BCUT2D eigenvalue weighted by atomic mass is 32.1. The molecule has 1 aliphatic rings. The number of rotatable bonds is 4. The van der Waals surface area contributed by atoms with E-state index < -0.39 is 0 Å². The zero-order valence-corrected chi connectivity index (χ0v) is 11.7. The Bertz CT molecular complexity index is 579. The molecule has 3 rings (SSSR count). The SMILES string of the molecule is O=C(NCC1CCC(O)C1)c1cc(-c2cccs2)on1. The third kappa shape index (κ3) is 2.91. The molecule has 0 aliphatic heterocycles. The van der Waals surface area contributed by atoms with Gasteiger partial charge in [-0.25, -0.2) is 0 Å². The minimum Gasteiger partial charge on any atom is -0.393 e. The number of nitrogens with zero attached hydrogens (tertiary/aromatic N) is 1. The van der Waals surface area contributed by atoms with Crippen LogP contribution in [0.15, 0.2) is 28.1 Å². The molecule has 2 N–H and O–H groups in total. The van der Waals surface area contributed by atoms with E-state index in [1.807, 2.05) is 17.5 Å². The highest BCUT2D eigenvalue weighted by Crippen LogP contribution is 2.26. The van der Waals surface area contributed by atoms with Crippen molar-refractivity contribution in [3.8, 4) is 10.6 Å². The van der Waals surface area contributed by atoms with E-state index in [9.17, 15) is 9.90 Å². The summed E-state index contributed by atoms with van der Waals surface area (Å²) in [6.45, 7) is 0.580. The number of carbonyl (C=O) groups excluding carboxylic acids is 1. The fraction of sp³-hybridized carbons (Fsp3) is 0.429. The first-order chi connectivity index (χ1) is 9.72. The molecule has 106 valence electrons. The van der Waals surface area contributed by atoms with Crippen LogP contribution in [-0.4, -0.2) is 28.8 Å². The molecule has 2 atom stereocenters. The van der Waals surface area contributed by atoms with Gasteiger partial charge in [0.05, 0.1) is 11.0 Å². The molecule has 2 aromatic rings. The Kier molecular flexibility index (Phi) is 3.84. The third-order valence-corrected chi connectivity index (χ3v) is 4.46. The molecule has 2 heterocycles. The number of carbonyl (C=O) groups is 1. The van der Waals surface area contributed by atoms with Crippen LogP contribution >= 0.6 is 11.3 Å². The molecular formula is C14H16N2O3S. The lowest BCUT2D eigenvalue weighted by molar-refractivity contribution is 0.0936. The number of thiophene rings is 1. The molecule has 1 fully saturated rings. The van der Waals surface area contributed by atoms with Crippen LogP contribution in [0.25, 0.3) is 10.6 Å². The molecule has 1 aliphatic carbocycles. The molecule has 5 nitrogen and oxygen atoms in total. The Morgan fingerprint density at radius 3 is 3.15 bits per heavy atom. The second-order valence-corrected chi connectivity index (χ2v) is 6.04. The molecule has 6 heteroatoms. The average Bonchev–Trinajstić information content (AvgIpc) is 3.16. The van der Waals surface area contributed by atoms with Gasteiger partial charge in [-0.15, -0.1) is 11.3 Å². The normalized spacial score (nSPS) is 22.1. The number of amides is 1. The summed E-state index contributed by atoms with van der Waals surface area (Å²) in [5.41, 5.74) is 0.298. The van der Waals surface area contributed by atoms with E-state index in [1.165, 1.54) is 0 Å². The van der Waals surface area contributed by atoms with E-state index in [0.717, 1.165) is 24.1 Å². The van der Waals surface area contributed by atoms with Crippen molar-refractivity contribution < 1.29 is 14.4 Å². The van der Waals surface area contributed by atoms with Crippen LogP contribution in [0.2, 0.25) is 0 Å². The second-order valence-electron chi connectivity index (χ2n) is 5.10. The fourth-order valence-electron chi connectivity index (χ4n) is 2.48. The van der Waals surface area contributed by atoms with Crippen molar-refractivity contribution >= 4 is 17.2 Å². The average molecular weight is 292 g/mol. The number of nitrogens with one attached hydrogen (secondary N) is 1. The lowest BCUT2D eigenvalue weighted by Gasteiger charge is -2.09. The van der Waals surface area contributed by atoms with Crippen molar-refractivity contribution in [2.24, 2.45) is 5.92 Å². The number of hydrogen-bond donors (Lipinski definition) is 2. The van der Waals surface area contributed by atoms with Crippen LogP contribution in [-0.2, 0) is 0 Å². The molecule has 0 radical (unpaired) electrons. The topological polar surface area (TPSA) is 75.4 Å². The quantitative estimate of drug-likeness (QED) is 0.906. The van der Waals surface area contributed by atoms with E-state index in [0.29, 0.717) is 23.9 Å². The lowest BCUT2D eigenvalue weighted by Crippen LogP contribution is -2.28. The van der Waals surface area contributed by atoms with Crippen molar-refractivity contribution in [1.29, 1.82) is 0 Å². The Balaban J connectivity index is 1.57. The summed E-state index contributed by atoms with van der Waals surface area (Å²) in [5, 5.41) is 18.1. The first kappa shape index (κ1) is 13.3. The highest BCUT2D eigenvalue weighted by Gasteiger charge is 2.23. The molecule has 20 heavy (non-hydrogen) atoms. The van der Waals surface area contributed by atoms with E-state index in [4.69, 9.17) is 4.52 Å². The van der Waals surface area contributed by atoms with Crippen LogP contribution in [0.5, 0.6) is 0 Å². The Morgan fingerprint density at radius 2 is 2.45 bits per heavy atom. The van der Waals surface area contributed by atoms with Crippen LogP contribution in [0.4, 0.5) is 0 Å². The van der Waals surface area contributed by atoms with E-state index in [2.05, 4.69) is 10.5 Å². The van der Waals surface area contributed by atoms with Crippen molar-refractivity contribution in [3.05, 3.63) is 29.3 Å². The van der Waals surface area contributed by atoms with Crippen molar-refractivity contribution in [2.75, 3.05) is 6.54 Å². The van der Waals surface area contributed by atoms with Gasteiger partial charge in [0.25, 0.3) is 5.91 Å². The summed E-state index contributed by atoms with van der Waals surface area (Å²) in [6.07, 6.45) is 2.34. The maximum absolute atomic E-state index is 12.0. The van der Waals surface area contributed by atoms with E-state index in [1.54, 1.807) is 17.4 Å². The highest BCUT2D eigenvalue weighted by molar-refractivity contribution is 7.13. The van der Waals surface area contributed by atoms with Crippen molar-refractivity contribution in [3.63, 3.8) is 0 Å². The van der Waals surface area contributed by atoms with Gasteiger partial charge in [0.15, 0.2) is 11.5 Å². The maximum Gasteiger partial charge on any atom is 0.273 e. The van der Waals surface area contributed by atoms with Gasteiger partial charge >= 0.3 is 0 Å². The van der Waals surface area contributed by atoms with E-state index in [-0.39, 0.29) is 12.0 Å². The Morgan fingerprint density at radius 1 is 1.55 bits per heavy atom. The monoisotopic (exact) mass is 292 g/mol. The molecule has 0 spiro atoms. The molecule has 1 saturated carbocycles. The molecular weight excluding hydrogens is 276 g/mol. The Hall–Kier alpha value is -1.66. The molecule has 0 saturated heterocycles. The third-order valence-electron chi connectivity index (χ3n) is 3.57. The van der Waals surface area contributed by atoms with Gasteiger partial charge < -0.3 is 14.9 Å². The minimum atomic E-state index is -0.224. The summed E-state index contributed by atoms with van der Waals surface area (Å²) in [5.74, 6) is 0.747. The number of aliphatic hydroxyl groups is 1. The first-order valence-corrected chi connectivity index (χ1v) is 7.57. The summed E-state index contributed by atoms with van der Waals surface area (Å²) < 4.78 is 5.18. The maximum atomic E-state index is 12.0. The minimum absolute atomic E-state index is 0.214. The van der Waals surface area contributed by atoms with Gasteiger partial charge in [0.2, 0.25) is 0 Å². The smallest absolute Gasteiger partial charge is 0.273 e. The largest absolute Gasteiger partial charge is 0.393 e. The number of hydrogen-bond acceptors (Lipinski definition) is 5. The second kappa shape index (κ2) is 5.76. The molecule has 1 amide bonds. The van der Waals surface area contributed by atoms with Crippen LogP contribution in [0, 0.1) is 5.92 Å². The van der Waals surface area contributed by atoms with Gasteiger partial charge in [0.1, 0.15) is 0 Å².